The highest BCUT2D eigenvalue weighted by Crippen LogP contribution is 2.12. The molecule has 0 bridgehead atoms. The second-order valence-corrected chi connectivity index (χ2v) is 6.59. The predicted molar refractivity (Wildman–Crippen MR) is 93.3 cm³/mol. The monoisotopic (exact) mass is 356 g/mol. The van der Waals surface area contributed by atoms with Gasteiger partial charge in [-0.25, -0.2) is 4.98 Å². The van der Waals surface area contributed by atoms with Crippen molar-refractivity contribution in [1.82, 2.24) is 20.0 Å². The van der Waals surface area contributed by atoms with Crippen LogP contribution in [0.15, 0.2) is 22.4 Å². The molecule has 2 rings (SSSR count). The summed E-state index contributed by atoms with van der Waals surface area (Å²) in [6, 6.07) is 1.52. The summed E-state index contributed by atoms with van der Waals surface area (Å²) in [7, 11) is 1.65. The molecule has 0 atom stereocenters. The lowest BCUT2D eigenvalue weighted by Crippen LogP contribution is -2.34. The highest BCUT2D eigenvalue weighted by Gasteiger charge is 2.05. The van der Waals surface area contributed by atoms with Gasteiger partial charge in [0.15, 0.2) is 4.96 Å². The minimum Gasteiger partial charge on any atom is -0.383 e. The zero-order valence-corrected chi connectivity index (χ0v) is 14.5. The molecular weight excluding hydrogens is 336 g/mol. The third-order valence-corrected chi connectivity index (χ3v) is 4.67. The molecule has 0 radical (unpaired) electrons. The number of hydrogen-bond acceptors (Lipinski definition) is 7. The molecule has 9 heteroatoms. The lowest BCUT2D eigenvalue weighted by Gasteiger charge is -2.06. The van der Waals surface area contributed by atoms with Gasteiger partial charge in [-0.1, -0.05) is 0 Å². The minimum absolute atomic E-state index is 0.0162. The lowest BCUT2D eigenvalue weighted by molar-refractivity contribution is -0.118. The molecule has 0 fully saturated rings. The third kappa shape index (κ3) is 5.94. The second-order valence-electron chi connectivity index (χ2n) is 4.73. The van der Waals surface area contributed by atoms with E-state index in [2.05, 4.69) is 15.6 Å². The normalized spacial score (nSPS) is 11.0. The number of carbonyl (C=O) groups excluding carboxylic acids is 1. The summed E-state index contributed by atoms with van der Waals surface area (Å²) in [5.74, 6) is 0.879. The number of rotatable bonds is 10. The van der Waals surface area contributed by atoms with Crippen molar-refractivity contribution in [1.29, 1.82) is 0 Å². The molecule has 0 unspecified atom stereocenters. The van der Waals surface area contributed by atoms with Crippen molar-refractivity contribution in [2.24, 2.45) is 0 Å². The topological polar surface area (TPSA) is 84.7 Å². The second kappa shape index (κ2) is 9.66. The van der Waals surface area contributed by atoms with Crippen LogP contribution in [0.4, 0.5) is 0 Å². The van der Waals surface area contributed by atoms with Crippen molar-refractivity contribution in [2.45, 2.75) is 5.75 Å². The van der Waals surface area contributed by atoms with Crippen molar-refractivity contribution in [3.63, 3.8) is 0 Å². The molecule has 0 aliphatic rings. The van der Waals surface area contributed by atoms with E-state index in [1.54, 1.807) is 13.3 Å². The summed E-state index contributed by atoms with van der Waals surface area (Å²) < 4.78 is 6.43. The number of nitrogens with one attached hydrogen (secondary N) is 2. The van der Waals surface area contributed by atoms with Gasteiger partial charge >= 0.3 is 0 Å². The van der Waals surface area contributed by atoms with Crippen molar-refractivity contribution in [3.05, 3.63) is 33.7 Å². The fourth-order valence-corrected chi connectivity index (χ4v) is 3.34. The summed E-state index contributed by atoms with van der Waals surface area (Å²) in [6.07, 6.45) is 1.71. The zero-order valence-electron chi connectivity index (χ0n) is 12.9. The molecule has 1 amide bonds. The number of aromatic nitrogens is 2. The average Bonchev–Trinajstić information content (AvgIpc) is 3.00. The van der Waals surface area contributed by atoms with Gasteiger partial charge in [0.25, 0.3) is 5.56 Å². The summed E-state index contributed by atoms with van der Waals surface area (Å²) in [5.41, 5.74) is 0.620. The van der Waals surface area contributed by atoms with Gasteiger partial charge in [-0.05, 0) is 0 Å². The van der Waals surface area contributed by atoms with Crippen LogP contribution in [-0.2, 0) is 15.3 Å². The molecule has 126 valence electrons. The van der Waals surface area contributed by atoms with Crippen LogP contribution in [0.2, 0.25) is 0 Å². The van der Waals surface area contributed by atoms with Gasteiger partial charge in [0.2, 0.25) is 5.91 Å². The van der Waals surface area contributed by atoms with Crippen molar-refractivity contribution in [3.8, 4) is 0 Å². The third-order valence-electron chi connectivity index (χ3n) is 2.95. The van der Waals surface area contributed by atoms with Gasteiger partial charge in [0.1, 0.15) is 0 Å². The molecule has 0 saturated heterocycles. The van der Waals surface area contributed by atoms with E-state index in [4.69, 9.17) is 4.74 Å². The molecule has 0 saturated carbocycles. The van der Waals surface area contributed by atoms with E-state index in [1.807, 2.05) is 5.38 Å². The van der Waals surface area contributed by atoms with Gasteiger partial charge in [-0.3, -0.25) is 14.0 Å². The fourth-order valence-electron chi connectivity index (χ4n) is 1.85. The van der Waals surface area contributed by atoms with Crippen LogP contribution in [0, 0.1) is 0 Å². The number of nitrogens with zero attached hydrogens (tertiary/aromatic N) is 2. The number of ether oxygens (including phenoxy) is 1. The number of hydrogen-bond donors (Lipinski definition) is 2. The van der Waals surface area contributed by atoms with E-state index in [-0.39, 0.29) is 11.5 Å². The number of amides is 1. The molecule has 2 aromatic heterocycles. The first-order valence-corrected chi connectivity index (χ1v) is 9.24. The van der Waals surface area contributed by atoms with Gasteiger partial charge in [-0.15, -0.1) is 23.1 Å². The Balaban J connectivity index is 1.65. The average molecular weight is 356 g/mol. The van der Waals surface area contributed by atoms with Crippen LogP contribution in [-0.4, -0.2) is 54.4 Å². The molecule has 2 N–H and O–H groups in total. The van der Waals surface area contributed by atoms with Crippen LogP contribution in [0.3, 0.4) is 0 Å². The minimum atomic E-state index is -0.0848. The number of methoxy groups -OCH3 is 1. The maximum absolute atomic E-state index is 11.8. The van der Waals surface area contributed by atoms with Crippen molar-refractivity contribution >= 4 is 34.0 Å². The quantitative estimate of drug-likeness (QED) is 0.597. The standard InChI is InChI=1S/C14H20N4O3S2/c1-21-6-4-15-2-3-16-12(19)10-22-9-11-8-13(20)18-5-7-23-14(18)17-11/h5,7-8,15H,2-4,6,9-10H2,1H3,(H,16,19). The molecular formula is C14H20N4O3S2. The van der Waals surface area contributed by atoms with Crippen LogP contribution in [0.25, 0.3) is 4.96 Å². The molecule has 0 spiro atoms. The number of thioether (sulfide) groups is 1. The molecule has 2 heterocycles. The first kappa shape index (κ1) is 17.9. The molecule has 7 nitrogen and oxygen atoms in total. The smallest absolute Gasteiger partial charge is 0.258 e. The van der Waals surface area contributed by atoms with Gasteiger partial charge in [0, 0.05) is 50.1 Å². The number of carbonyl (C=O) groups is 1. The maximum Gasteiger partial charge on any atom is 0.258 e. The molecule has 0 aliphatic heterocycles. The van der Waals surface area contributed by atoms with Crippen LogP contribution < -0.4 is 16.2 Å². The van der Waals surface area contributed by atoms with Crippen LogP contribution in [0.1, 0.15) is 5.69 Å². The number of fused-ring (bicyclic) bond motifs is 1. The van der Waals surface area contributed by atoms with E-state index in [0.29, 0.717) is 41.9 Å². The lowest BCUT2D eigenvalue weighted by atomic mass is 10.4. The Hall–Kier alpha value is -1.42. The van der Waals surface area contributed by atoms with Crippen molar-refractivity contribution in [2.75, 3.05) is 39.1 Å². The first-order chi connectivity index (χ1) is 11.2. The van der Waals surface area contributed by atoms with E-state index in [1.165, 1.54) is 33.6 Å². The van der Waals surface area contributed by atoms with E-state index < -0.39 is 0 Å². The molecule has 0 aliphatic carbocycles. The first-order valence-electron chi connectivity index (χ1n) is 7.20. The maximum atomic E-state index is 11.8. The van der Waals surface area contributed by atoms with E-state index in [9.17, 15) is 9.59 Å². The summed E-state index contributed by atoms with van der Waals surface area (Å²) >= 11 is 2.87. The Morgan fingerprint density at radius 3 is 3.13 bits per heavy atom. The fraction of sp³-hybridized carbons (Fsp3) is 0.500. The Morgan fingerprint density at radius 1 is 1.43 bits per heavy atom. The molecule has 23 heavy (non-hydrogen) atoms. The zero-order chi connectivity index (χ0) is 16.5. The van der Waals surface area contributed by atoms with Crippen LogP contribution >= 0.6 is 23.1 Å². The van der Waals surface area contributed by atoms with E-state index >= 15 is 0 Å². The summed E-state index contributed by atoms with van der Waals surface area (Å²) in [4.78, 5) is 28.6. The molecule has 0 aromatic carbocycles. The van der Waals surface area contributed by atoms with Crippen molar-refractivity contribution < 1.29 is 9.53 Å². The Bertz CT molecular complexity index is 686. The number of thiazole rings is 1. The van der Waals surface area contributed by atoms with Gasteiger partial charge in [0.05, 0.1) is 18.1 Å². The van der Waals surface area contributed by atoms with Gasteiger partial charge in [-0.2, -0.15) is 0 Å². The highest BCUT2D eigenvalue weighted by molar-refractivity contribution is 7.99. The Labute approximate surface area is 142 Å². The van der Waals surface area contributed by atoms with E-state index in [0.717, 1.165) is 6.54 Å². The Morgan fingerprint density at radius 2 is 2.30 bits per heavy atom. The largest absolute Gasteiger partial charge is 0.383 e. The van der Waals surface area contributed by atoms with Crippen LogP contribution in [0.5, 0.6) is 0 Å². The highest BCUT2D eigenvalue weighted by atomic mass is 32.2. The Kier molecular flexibility index (Phi) is 7.53. The van der Waals surface area contributed by atoms with Gasteiger partial charge < -0.3 is 15.4 Å². The summed E-state index contributed by atoms with van der Waals surface area (Å²) in [6.45, 7) is 2.73. The summed E-state index contributed by atoms with van der Waals surface area (Å²) in [5, 5.41) is 7.82. The predicted octanol–water partition coefficient (Wildman–Crippen LogP) is 0.341. The molecule has 2 aromatic rings. The SMILES string of the molecule is COCCNCCNC(=O)CSCc1cc(=O)n2ccsc2n1.